The third-order valence-electron chi connectivity index (χ3n) is 3.61. The first-order valence-electron chi connectivity index (χ1n) is 7.27. The smallest absolute Gasteiger partial charge is 0.270 e. The summed E-state index contributed by atoms with van der Waals surface area (Å²) in [4.78, 5) is 14.1. The number of rotatable bonds is 5. The summed E-state index contributed by atoms with van der Waals surface area (Å²) >= 11 is 0. The van der Waals surface area contributed by atoms with Crippen molar-refractivity contribution in [3.63, 3.8) is 0 Å². The van der Waals surface area contributed by atoms with E-state index in [4.69, 9.17) is 5.26 Å². The summed E-state index contributed by atoms with van der Waals surface area (Å²) in [7, 11) is 0. The van der Waals surface area contributed by atoms with Gasteiger partial charge in [-0.2, -0.15) is 5.26 Å². The van der Waals surface area contributed by atoms with Crippen molar-refractivity contribution >= 4 is 11.4 Å². The largest absolute Gasteiger partial charge is 0.380 e. The van der Waals surface area contributed by atoms with Crippen LogP contribution in [0.1, 0.15) is 11.1 Å². The number of aromatic nitrogens is 2. The van der Waals surface area contributed by atoms with Gasteiger partial charge < -0.3 is 9.88 Å². The number of hydrogen-bond donors (Lipinski definition) is 1. The highest BCUT2D eigenvalue weighted by molar-refractivity contribution is 5.61. The lowest BCUT2D eigenvalue weighted by molar-refractivity contribution is -0.384. The van der Waals surface area contributed by atoms with Crippen molar-refractivity contribution in [3.05, 3.63) is 82.2 Å². The van der Waals surface area contributed by atoms with Crippen molar-refractivity contribution in [3.8, 4) is 11.8 Å². The maximum atomic E-state index is 14.2. The molecule has 1 N–H and O–H groups in total. The number of nitrogens with zero attached hydrogens (tertiary/aromatic N) is 4. The number of hydrogen-bond acceptors (Lipinski definition) is 5. The predicted octanol–water partition coefficient (Wildman–Crippen LogP) is 3.40. The molecule has 0 radical (unpaired) electrons. The Morgan fingerprint density at radius 2 is 2.16 bits per heavy atom. The molecule has 0 fully saturated rings. The molecule has 3 rings (SSSR count). The number of nitro groups is 1. The molecular formula is C17H12FN5O2. The summed E-state index contributed by atoms with van der Waals surface area (Å²) in [5.74, 6) is -0.401. The number of imidazole rings is 1. The maximum Gasteiger partial charge on any atom is 0.270 e. The Kier molecular flexibility index (Phi) is 4.39. The van der Waals surface area contributed by atoms with E-state index < -0.39 is 10.7 Å². The highest BCUT2D eigenvalue weighted by Gasteiger charge is 2.11. The third kappa shape index (κ3) is 3.45. The van der Waals surface area contributed by atoms with Crippen LogP contribution in [0.25, 0.3) is 5.69 Å². The fourth-order valence-corrected chi connectivity index (χ4v) is 2.36. The Labute approximate surface area is 142 Å². The molecule has 0 saturated carbocycles. The van der Waals surface area contributed by atoms with Gasteiger partial charge in [0.05, 0.1) is 28.2 Å². The molecule has 1 aromatic heterocycles. The summed E-state index contributed by atoms with van der Waals surface area (Å²) in [5, 5.41) is 22.9. The molecule has 0 spiro atoms. The number of halogens is 1. The molecule has 7 nitrogen and oxygen atoms in total. The third-order valence-corrected chi connectivity index (χ3v) is 3.61. The first-order valence-corrected chi connectivity index (χ1v) is 7.27. The lowest BCUT2D eigenvalue weighted by Gasteiger charge is -2.10. The maximum absolute atomic E-state index is 14.2. The Morgan fingerprint density at radius 1 is 1.32 bits per heavy atom. The molecule has 0 aliphatic rings. The Balaban J connectivity index is 1.77. The molecule has 0 saturated heterocycles. The fourth-order valence-electron chi connectivity index (χ4n) is 2.36. The zero-order valence-electron chi connectivity index (χ0n) is 12.9. The molecule has 0 aliphatic carbocycles. The topological polar surface area (TPSA) is 96.8 Å². The fraction of sp³-hybridized carbons (Fsp3) is 0.0588. The minimum atomic E-state index is -0.561. The molecule has 1 heterocycles. The lowest BCUT2D eigenvalue weighted by Crippen LogP contribution is -2.03. The number of benzene rings is 2. The molecule has 124 valence electrons. The van der Waals surface area contributed by atoms with Crippen LogP contribution in [0.15, 0.2) is 55.1 Å². The summed E-state index contributed by atoms with van der Waals surface area (Å²) in [6, 6.07) is 10.7. The number of nitro benzene ring substituents is 1. The van der Waals surface area contributed by atoms with Crippen molar-refractivity contribution in [1.29, 1.82) is 5.26 Å². The molecule has 0 amide bonds. The van der Waals surface area contributed by atoms with Crippen LogP contribution in [0.4, 0.5) is 15.8 Å². The van der Waals surface area contributed by atoms with Crippen LogP contribution in [0.5, 0.6) is 0 Å². The average Bonchev–Trinajstić information content (AvgIpc) is 3.14. The van der Waals surface area contributed by atoms with Crippen LogP contribution in [0, 0.1) is 27.3 Å². The number of nitriles is 1. The number of nitrogens with one attached hydrogen (secondary N) is 1. The van der Waals surface area contributed by atoms with Gasteiger partial charge in [-0.05, 0) is 23.8 Å². The van der Waals surface area contributed by atoms with E-state index in [-0.39, 0.29) is 17.8 Å². The monoisotopic (exact) mass is 337 g/mol. The van der Waals surface area contributed by atoms with Gasteiger partial charge in [0, 0.05) is 31.1 Å². The van der Waals surface area contributed by atoms with Gasteiger partial charge in [-0.15, -0.1) is 0 Å². The van der Waals surface area contributed by atoms with Crippen molar-refractivity contribution in [1.82, 2.24) is 9.55 Å². The zero-order valence-corrected chi connectivity index (χ0v) is 12.9. The minimum absolute atomic E-state index is 0.155. The van der Waals surface area contributed by atoms with Crippen molar-refractivity contribution < 1.29 is 9.31 Å². The summed E-state index contributed by atoms with van der Waals surface area (Å²) < 4.78 is 15.8. The van der Waals surface area contributed by atoms with E-state index in [0.717, 1.165) is 0 Å². The average molecular weight is 337 g/mol. The standard InChI is InChI=1S/C17H12FN5O2/c18-15-7-12(1-4-17(15)22-6-5-20-11-22)10-21-16-3-2-14(23(24)25)8-13(16)9-19/h1-8,11,21H,10H2. The molecular weight excluding hydrogens is 325 g/mol. The second-order valence-electron chi connectivity index (χ2n) is 5.21. The molecule has 8 heteroatoms. The number of non-ortho nitro benzene ring substituents is 1. The SMILES string of the molecule is N#Cc1cc([N+](=O)[O-])ccc1NCc1ccc(-n2ccnc2)c(F)c1. The van der Waals surface area contributed by atoms with Gasteiger partial charge in [-0.1, -0.05) is 6.07 Å². The van der Waals surface area contributed by atoms with Crippen molar-refractivity contribution in [2.45, 2.75) is 6.54 Å². The first-order chi connectivity index (χ1) is 12.1. The molecule has 0 atom stereocenters. The van der Waals surface area contributed by atoms with E-state index in [2.05, 4.69) is 10.3 Å². The van der Waals surface area contributed by atoms with Gasteiger partial charge in [-0.3, -0.25) is 10.1 Å². The Morgan fingerprint density at radius 3 is 2.80 bits per heavy atom. The second kappa shape index (κ2) is 6.80. The van der Waals surface area contributed by atoms with Crippen LogP contribution >= 0.6 is 0 Å². The van der Waals surface area contributed by atoms with E-state index in [1.165, 1.54) is 30.6 Å². The van der Waals surface area contributed by atoms with Gasteiger partial charge in [0.15, 0.2) is 0 Å². The summed E-state index contributed by atoms with van der Waals surface area (Å²) in [5.41, 5.74) is 1.51. The normalized spacial score (nSPS) is 10.2. The van der Waals surface area contributed by atoms with E-state index in [0.29, 0.717) is 16.9 Å². The van der Waals surface area contributed by atoms with Crippen LogP contribution in [-0.2, 0) is 6.54 Å². The van der Waals surface area contributed by atoms with Crippen LogP contribution in [0.3, 0.4) is 0 Å². The van der Waals surface area contributed by atoms with Crippen molar-refractivity contribution in [2.24, 2.45) is 0 Å². The predicted molar refractivity (Wildman–Crippen MR) is 88.7 cm³/mol. The van der Waals surface area contributed by atoms with Gasteiger partial charge in [0.2, 0.25) is 0 Å². The van der Waals surface area contributed by atoms with Gasteiger partial charge in [0.1, 0.15) is 11.9 Å². The molecule has 0 unspecified atom stereocenters. The van der Waals surface area contributed by atoms with Crippen LogP contribution in [-0.4, -0.2) is 14.5 Å². The Bertz CT molecular complexity index is 964. The van der Waals surface area contributed by atoms with Gasteiger partial charge in [-0.25, -0.2) is 9.37 Å². The molecule has 0 aliphatic heterocycles. The van der Waals surface area contributed by atoms with E-state index in [9.17, 15) is 14.5 Å². The van der Waals surface area contributed by atoms with Crippen LogP contribution < -0.4 is 5.32 Å². The molecule has 0 bridgehead atoms. The number of anilines is 1. The highest BCUT2D eigenvalue weighted by Crippen LogP contribution is 2.22. The highest BCUT2D eigenvalue weighted by atomic mass is 19.1. The van der Waals surface area contributed by atoms with Crippen LogP contribution in [0.2, 0.25) is 0 Å². The summed E-state index contributed by atoms with van der Waals surface area (Å²) in [6.45, 7) is 0.271. The first kappa shape index (κ1) is 16.1. The quantitative estimate of drug-likeness (QED) is 0.568. The lowest BCUT2D eigenvalue weighted by atomic mass is 10.1. The van der Waals surface area contributed by atoms with E-state index in [1.54, 1.807) is 29.1 Å². The molecule has 25 heavy (non-hydrogen) atoms. The van der Waals surface area contributed by atoms with E-state index in [1.807, 2.05) is 6.07 Å². The summed E-state index contributed by atoms with van der Waals surface area (Å²) in [6.07, 6.45) is 4.71. The molecule has 3 aromatic rings. The van der Waals surface area contributed by atoms with Crippen molar-refractivity contribution in [2.75, 3.05) is 5.32 Å². The second-order valence-corrected chi connectivity index (χ2v) is 5.21. The molecule has 2 aromatic carbocycles. The Hall–Kier alpha value is -3.73. The van der Waals surface area contributed by atoms with Gasteiger partial charge in [0.25, 0.3) is 5.69 Å². The van der Waals surface area contributed by atoms with Gasteiger partial charge >= 0.3 is 0 Å². The minimum Gasteiger partial charge on any atom is -0.380 e. The van der Waals surface area contributed by atoms with E-state index >= 15 is 0 Å². The zero-order chi connectivity index (χ0) is 17.8.